The van der Waals surface area contributed by atoms with Crippen LogP contribution in [0.4, 0.5) is 0 Å². The molecule has 2 atom stereocenters. The number of aliphatic hydroxyl groups is 1. The van der Waals surface area contributed by atoms with Gasteiger partial charge < -0.3 is 20.9 Å². The van der Waals surface area contributed by atoms with Crippen LogP contribution < -0.4 is 15.8 Å². The van der Waals surface area contributed by atoms with E-state index in [1.165, 1.54) is 0 Å². The minimum absolute atomic E-state index is 0.0993. The lowest BCUT2D eigenvalue weighted by molar-refractivity contribution is 0.106. The summed E-state index contributed by atoms with van der Waals surface area (Å²) in [4.78, 5) is 0. The number of para-hydroxylation sites is 1. The molecule has 0 aliphatic heterocycles. The fourth-order valence-electron chi connectivity index (χ4n) is 1.25. The molecule has 1 aromatic carbocycles. The third kappa shape index (κ3) is 8.98. The van der Waals surface area contributed by atoms with Crippen LogP contribution in [-0.2, 0) is 0 Å². The summed E-state index contributed by atoms with van der Waals surface area (Å²) in [7, 11) is 0. The van der Waals surface area contributed by atoms with Crippen molar-refractivity contribution in [2.45, 2.75) is 32.9 Å². The lowest BCUT2D eigenvalue weighted by atomic mass is 10.3. The summed E-state index contributed by atoms with van der Waals surface area (Å²) in [6.07, 6.45) is -0.515. The number of hydrogen-bond donors (Lipinski definition) is 3. The van der Waals surface area contributed by atoms with Crippen molar-refractivity contribution >= 4 is 0 Å². The zero-order valence-corrected chi connectivity index (χ0v) is 11.6. The molecule has 0 spiro atoms. The van der Waals surface area contributed by atoms with E-state index in [1.54, 1.807) is 0 Å². The highest BCUT2D eigenvalue weighted by Gasteiger charge is 2.04. The Kier molecular flexibility index (Phi) is 10.3. The van der Waals surface area contributed by atoms with Crippen molar-refractivity contribution in [1.82, 2.24) is 5.32 Å². The Morgan fingerprint density at radius 2 is 1.83 bits per heavy atom. The van der Waals surface area contributed by atoms with Crippen LogP contribution in [0.2, 0.25) is 0 Å². The molecule has 0 fully saturated rings. The van der Waals surface area contributed by atoms with Gasteiger partial charge in [-0.05, 0) is 19.1 Å². The first-order valence-corrected chi connectivity index (χ1v) is 6.50. The number of nitrogens with two attached hydrogens (primary N) is 1. The molecule has 2 unspecified atom stereocenters. The molecular weight excluding hydrogens is 228 g/mol. The Labute approximate surface area is 110 Å². The van der Waals surface area contributed by atoms with Crippen molar-refractivity contribution in [2.75, 3.05) is 19.7 Å². The molecule has 0 saturated carbocycles. The average molecular weight is 254 g/mol. The first-order valence-electron chi connectivity index (χ1n) is 6.50. The van der Waals surface area contributed by atoms with Crippen LogP contribution in [0, 0.1) is 0 Å². The zero-order chi connectivity index (χ0) is 13.8. The predicted octanol–water partition coefficient (Wildman–Crippen LogP) is 1.39. The fourth-order valence-corrected chi connectivity index (χ4v) is 1.25. The van der Waals surface area contributed by atoms with Crippen molar-refractivity contribution < 1.29 is 9.84 Å². The normalized spacial score (nSPS) is 13.2. The van der Waals surface area contributed by atoms with Crippen LogP contribution in [0.15, 0.2) is 30.3 Å². The summed E-state index contributed by atoms with van der Waals surface area (Å²) in [6, 6.07) is 9.55. The largest absolute Gasteiger partial charge is 0.491 e. The maximum absolute atomic E-state index is 9.60. The number of benzene rings is 1. The van der Waals surface area contributed by atoms with Gasteiger partial charge in [-0.25, -0.2) is 0 Å². The van der Waals surface area contributed by atoms with Crippen LogP contribution in [-0.4, -0.2) is 36.9 Å². The maximum atomic E-state index is 9.60. The molecule has 0 aromatic heterocycles. The van der Waals surface area contributed by atoms with Crippen LogP contribution in [0.5, 0.6) is 5.75 Å². The first-order chi connectivity index (χ1) is 8.68. The topological polar surface area (TPSA) is 67.5 Å². The van der Waals surface area contributed by atoms with Gasteiger partial charge in [0.25, 0.3) is 0 Å². The summed E-state index contributed by atoms with van der Waals surface area (Å²) < 4.78 is 5.40. The van der Waals surface area contributed by atoms with E-state index >= 15 is 0 Å². The van der Waals surface area contributed by atoms with E-state index in [9.17, 15) is 5.11 Å². The molecule has 1 rings (SSSR count). The Morgan fingerprint density at radius 1 is 1.22 bits per heavy atom. The SMILES string of the molecule is CC.CC(N)CNCC(O)COc1ccccc1. The van der Waals surface area contributed by atoms with Gasteiger partial charge in [0.05, 0.1) is 0 Å². The molecule has 104 valence electrons. The molecular formula is C14H26N2O2. The van der Waals surface area contributed by atoms with Gasteiger partial charge in [-0.2, -0.15) is 0 Å². The molecule has 0 aliphatic carbocycles. The minimum Gasteiger partial charge on any atom is -0.491 e. The van der Waals surface area contributed by atoms with Gasteiger partial charge in [-0.3, -0.25) is 0 Å². The summed E-state index contributed by atoms with van der Waals surface area (Å²) in [5.74, 6) is 0.772. The van der Waals surface area contributed by atoms with Crippen LogP contribution in [0.3, 0.4) is 0 Å². The van der Waals surface area contributed by atoms with Gasteiger partial charge >= 0.3 is 0 Å². The third-order valence-electron chi connectivity index (χ3n) is 2.03. The Hall–Kier alpha value is -1.10. The minimum atomic E-state index is -0.515. The predicted molar refractivity (Wildman–Crippen MR) is 75.8 cm³/mol. The van der Waals surface area contributed by atoms with E-state index in [2.05, 4.69) is 5.32 Å². The second kappa shape index (κ2) is 11.0. The van der Waals surface area contributed by atoms with Crippen LogP contribution in [0.1, 0.15) is 20.8 Å². The summed E-state index contributed by atoms with van der Waals surface area (Å²) in [5.41, 5.74) is 5.57. The number of aliphatic hydroxyl groups excluding tert-OH is 1. The summed E-state index contributed by atoms with van der Waals surface area (Å²) in [6.45, 7) is 7.40. The summed E-state index contributed by atoms with van der Waals surface area (Å²) >= 11 is 0. The van der Waals surface area contributed by atoms with Gasteiger partial charge in [0.1, 0.15) is 18.5 Å². The highest BCUT2D eigenvalue weighted by molar-refractivity contribution is 5.20. The Morgan fingerprint density at radius 3 is 2.39 bits per heavy atom. The molecule has 0 saturated heterocycles. The van der Waals surface area contributed by atoms with Crippen molar-refractivity contribution in [3.63, 3.8) is 0 Å². The number of rotatable bonds is 7. The van der Waals surface area contributed by atoms with Gasteiger partial charge in [0, 0.05) is 19.1 Å². The monoisotopic (exact) mass is 254 g/mol. The molecule has 0 bridgehead atoms. The van der Waals surface area contributed by atoms with Crippen molar-refractivity contribution in [3.05, 3.63) is 30.3 Å². The smallest absolute Gasteiger partial charge is 0.119 e. The van der Waals surface area contributed by atoms with Crippen LogP contribution in [0.25, 0.3) is 0 Å². The summed E-state index contributed by atoms with van der Waals surface area (Å²) in [5, 5.41) is 12.7. The highest BCUT2D eigenvalue weighted by atomic mass is 16.5. The second-order valence-electron chi connectivity index (χ2n) is 3.91. The molecule has 0 heterocycles. The molecule has 0 aliphatic rings. The highest BCUT2D eigenvalue weighted by Crippen LogP contribution is 2.08. The third-order valence-corrected chi connectivity index (χ3v) is 2.03. The Bertz CT molecular complexity index is 278. The molecule has 4 N–H and O–H groups in total. The van der Waals surface area contributed by atoms with Gasteiger partial charge in [-0.1, -0.05) is 32.0 Å². The van der Waals surface area contributed by atoms with E-state index in [4.69, 9.17) is 10.5 Å². The maximum Gasteiger partial charge on any atom is 0.119 e. The molecule has 0 radical (unpaired) electrons. The fraction of sp³-hybridized carbons (Fsp3) is 0.571. The number of ether oxygens (including phenoxy) is 1. The average Bonchev–Trinajstić information content (AvgIpc) is 2.39. The second-order valence-corrected chi connectivity index (χ2v) is 3.91. The van der Waals surface area contributed by atoms with Gasteiger partial charge in [0.15, 0.2) is 0 Å². The number of nitrogens with one attached hydrogen (secondary N) is 1. The Balaban J connectivity index is 0.00000137. The van der Waals surface area contributed by atoms with Crippen molar-refractivity contribution in [3.8, 4) is 5.75 Å². The van der Waals surface area contributed by atoms with Gasteiger partial charge in [-0.15, -0.1) is 0 Å². The van der Waals surface area contributed by atoms with Crippen LogP contribution >= 0.6 is 0 Å². The van der Waals surface area contributed by atoms with Crippen molar-refractivity contribution in [2.24, 2.45) is 5.73 Å². The van der Waals surface area contributed by atoms with E-state index < -0.39 is 6.10 Å². The quantitative estimate of drug-likeness (QED) is 0.688. The lowest BCUT2D eigenvalue weighted by Crippen LogP contribution is -2.37. The molecule has 4 heteroatoms. The van der Waals surface area contributed by atoms with E-state index in [0.717, 1.165) is 5.75 Å². The molecule has 1 aromatic rings. The van der Waals surface area contributed by atoms with E-state index in [1.807, 2.05) is 51.1 Å². The molecule has 4 nitrogen and oxygen atoms in total. The van der Waals surface area contributed by atoms with E-state index in [-0.39, 0.29) is 12.6 Å². The number of hydrogen-bond acceptors (Lipinski definition) is 4. The van der Waals surface area contributed by atoms with Gasteiger partial charge in [0.2, 0.25) is 0 Å². The standard InChI is InChI=1S/C12H20N2O2.C2H6/c1-10(13)7-14-8-11(15)9-16-12-5-3-2-4-6-12;1-2/h2-6,10-11,14-15H,7-9,13H2,1H3;1-2H3. The van der Waals surface area contributed by atoms with E-state index in [0.29, 0.717) is 13.1 Å². The molecule has 18 heavy (non-hydrogen) atoms. The zero-order valence-electron chi connectivity index (χ0n) is 11.6. The van der Waals surface area contributed by atoms with Crippen molar-refractivity contribution in [1.29, 1.82) is 0 Å². The lowest BCUT2D eigenvalue weighted by Gasteiger charge is -2.14. The molecule has 0 amide bonds. The first kappa shape index (κ1) is 16.9.